The van der Waals surface area contributed by atoms with Gasteiger partial charge in [0.25, 0.3) is 0 Å². The molecule has 0 N–H and O–H groups in total. The SMILES string of the molecule is [Cs].[Cs].[K].[K].[K]. The molecule has 5 heteroatoms. The van der Waals surface area contributed by atoms with Crippen LogP contribution in [0.25, 0.3) is 0 Å². The van der Waals surface area contributed by atoms with Crippen LogP contribution in [0.4, 0.5) is 0 Å². The molecule has 0 fully saturated rings. The maximum atomic E-state index is 0. The minimum atomic E-state index is 0. The molecule has 0 saturated heterocycles. The van der Waals surface area contributed by atoms with Gasteiger partial charge in [-0.3, -0.25) is 0 Å². The Morgan fingerprint density at radius 2 is 0.400 bits per heavy atom. The van der Waals surface area contributed by atoms with Gasteiger partial charge in [0, 0.05) is 292 Å². The summed E-state index contributed by atoms with van der Waals surface area (Å²) in [7, 11) is 0. The Morgan fingerprint density at radius 1 is 0.400 bits per heavy atom. The molecule has 0 aliphatic rings. The predicted octanol–water partition coefficient (Wildman–Crippen LogP) is -1.90. The quantitative estimate of drug-likeness (QED) is 0.429. The molecule has 0 aliphatic carbocycles. The van der Waals surface area contributed by atoms with Crippen LogP contribution in [0.1, 0.15) is 0 Å². The van der Waals surface area contributed by atoms with Crippen molar-refractivity contribution in [1.29, 1.82) is 0 Å². The van der Waals surface area contributed by atoms with Gasteiger partial charge in [0.15, 0.2) is 0 Å². The first-order valence-corrected chi connectivity index (χ1v) is 0. The molecule has 0 nitrogen and oxygen atoms in total. The van der Waals surface area contributed by atoms with Gasteiger partial charge < -0.3 is 0 Å². The maximum absolute atomic E-state index is 0. The Labute approximate surface area is 279 Å². The van der Waals surface area contributed by atoms with E-state index in [1.807, 2.05) is 0 Å². The molecule has 0 aromatic heterocycles. The fourth-order valence-corrected chi connectivity index (χ4v) is 0. The van der Waals surface area contributed by atoms with Crippen LogP contribution < -0.4 is 0 Å². The third-order valence-corrected chi connectivity index (χ3v) is 0. The molecule has 0 aliphatic heterocycles. The summed E-state index contributed by atoms with van der Waals surface area (Å²) in [4.78, 5) is 0. The molecule has 0 aromatic rings. The molecule has 0 atom stereocenters. The van der Waals surface area contributed by atoms with E-state index >= 15 is 0 Å². The Hall–Kier alpha value is 9.01. The van der Waals surface area contributed by atoms with Gasteiger partial charge in [-0.25, -0.2) is 0 Å². The van der Waals surface area contributed by atoms with E-state index in [0.29, 0.717) is 0 Å². The zero-order chi connectivity index (χ0) is 0. The van der Waals surface area contributed by atoms with Crippen molar-refractivity contribution in [2.24, 2.45) is 0 Å². The molecule has 0 aromatic carbocycles. The second-order valence-electron chi connectivity index (χ2n) is 0. The van der Waals surface area contributed by atoms with E-state index < -0.39 is 0 Å². The van der Waals surface area contributed by atoms with Crippen molar-refractivity contribution in [2.75, 3.05) is 0 Å². The fourth-order valence-electron chi connectivity index (χ4n) is 0. The number of rotatable bonds is 0. The molecule has 0 bridgehead atoms. The van der Waals surface area contributed by atoms with Crippen molar-refractivity contribution >= 4 is 292 Å². The van der Waals surface area contributed by atoms with Crippen molar-refractivity contribution in [3.8, 4) is 0 Å². The van der Waals surface area contributed by atoms with Crippen LogP contribution in [0, 0.1) is 0 Å². The van der Waals surface area contributed by atoms with Crippen LogP contribution in [0.2, 0.25) is 0 Å². The zero-order valence-electron chi connectivity index (χ0n) is 5.00. The van der Waals surface area contributed by atoms with Gasteiger partial charge in [0.2, 0.25) is 0 Å². The maximum Gasteiger partial charge on any atom is 0 e. The number of hydrogen-bond donors (Lipinski definition) is 0. The van der Waals surface area contributed by atoms with E-state index in [2.05, 4.69) is 0 Å². The summed E-state index contributed by atoms with van der Waals surface area (Å²) in [5.74, 6) is 0. The summed E-state index contributed by atoms with van der Waals surface area (Å²) in [6.45, 7) is 0. The van der Waals surface area contributed by atoms with E-state index in [4.69, 9.17) is 0 Å². The van der Waals surface area contributed by atoms with Gasteiger partial charge in [0.1, 0.15) is 0 Å². The zero-order valence-corrected chi connectivity index (χ0v) is 26.9. The van der Waals surface area contributed by atoms with Gasteiger partial charge in [-0.05, 0) is 0 Å². The first-order chi connectivity index (χ1) is 0. The molecule has 0 spiro atoms. The van der Waals surface area contributed by atoms with Gasteiger partial charge in [0.05, 0.1) is 0 Å². The molecule has 0 saturated carbocycles. The van der Waals surface area contributed by atoms with Crippen molar-refractivity contribution < 1.29 is 0 Å². The average Bonchev–Trinajstić information content (AvgIpc) is 0. The normalized spacial score (nSPS) is 0. The summed E-state index contributed by atoms with van der Waals surface area (Å²) in [5.41, 5.74) is 0. The molecule has 0 rings (SSSR count). The van der Waals surface area contributed by atoms with Crippen molar-refractivity contribution in [1.82, 2.24) is 0 Å². The molecule has 0 amide bonds. The van der Waals surface area contributed by atoms with Gasteiger partial charge in [-0.2, -0.15) is 0 Å². The van der Waals surface area contributed by atoms with Crippen LogP contribution in [-0.4, -0.2) is 292 Å². The average molecular weight is 383 g/mol. The molecule has 5 valence electrons. The predicted molar refractivity (Wildman–Crippen MR) is 28.8 cm³/mol. The molecular weight excluding hydrogens is 383 g/mol. The molecular formula is Cs2K3. The van der Waals surface area contributed by atoms with E-state index in [0.717, 1.165) is 0 Å². The van der Waals surface area contributed by atoms with E-state index in [-0.39, 0.29) is 292 Å². The third kappa shape index (κ3) is 19.4. The Morgan fingerprint density at radius 3 is 0.400 bits per heavy atom. The minimum absolute atomic E-state index is 0. The fraction of sp³-hybridized carbons (Fsp3) is 0. The first kappa shape index (κ1) is 29.2. The molecule has 5 radical (unpaired) electrons. The largest absolute Gasteiger partial charge is 0 e. The Bertz CT molecular complexity index is 4.85. The summed E-state index contributed by atoms with van der Waals surface area (Å²) in [6, 6.07) is 0. The monoisotopic (exact) mass is 383 g/mol. The van der Waals surface area contributed by atoms with Gasteiger partial charge in [-0.15, -0.1) is 0 Å². The van der Waals surface area contributed by atoms with Crippen LogP contribution in [0.3, 0.4) is 0 Å². The second kappa shape index (κ2) is 23.1. The molecule has 5 heavy (non-hydrogen) atoms. The van der Waals surface area contributed by atoms with Crippen molar-refractivity contribution in [3.05, 3.63) is 0 Å². The Balaban J connectivity index is 0. The summed E-state index contributed by atoms with van der Waals surface area (Å²) in [6.07, 6.45) is 0. The summed E-state index contributed by atoms with van der Waals surface area (Å²) in [5, 5.41) is 0. The van der Waals surface area contributed by atoms with Crippen LogP contribution >= 0.6 is 0 Å². The van der Waals surface area contributed by atoms with Gasteiger partial charge >= 0.3 is 0 Å². The van der Waals surface area contributed by atoms with Crippen molar-refractivity contribution in [3.63, 3.8) is 0 Å². The number of hydrogen-bond acceptors (Lipinski definition) is 0. The third-order valence-electron chi connectivity index (χ3n) is 0. The van der Waals surface area contributed by atoms with Crippen molar-refractivity contribution in [2.45, 2.75) is 0 Å². The standard InChI is InChI=1S/2Cs.3K. The van der Waals surface area contributed by atoms with Crippen LogP contribution in [0.5, 0.6) is 0 Å². The second-order valence-corrected chi connectivity index (χ2v) is 0. The van der Waals surface area contributed by atoms with E-state index in [1.165, 1.54) is 0 Å². The Kier molecular flexibility index (Phi) is 135. The smallest absolute Gasteiger partial charge is 0 e. The minimum Gasteiger partial charge on any atom is 0 e. The van der Waals surface area contributed by atoms with Crippen LogP contribution in [0.15, 0.2) is 0 Å². The van der Waals surface area contributed by atoms with E-state index in [9.17, 15) is 0 Å². The topological polar surface area (TPSA) is 0 Å². The van der Waals surface area contributed by atoms with Gasteiger partial charge in [-0.1, -0.05) is 0 Å². The molecule has 0 heterocycles. The summed E-state index contributed by atoms with van der Waals surface area (Å²) < 4.78 is 0. The first-order valence-electron chi connectivity index (χ1n) is 0. The molecule has 0 unspecified atom stereocenters. The van der Waals surface area contributed by atoms with E-state index in [1.54, 1.807) is 0 Å². The summed E-state index contributed by atoms with van der Waals surface area (Å²) >= 11 is 0. The van der Waals surface area contributed by atoms with Crippen LogP contribution in [-0.2, 0) is 0 Å².